The Bertz CT molecular complexity index is 1010. The van der Waals surface area contributed by atoms with Crippen LogP contribution in [0.4, 0.5) is 17.1 Å². The van der Waals surface area contributed by atoms with Crippen LogP contribution in [0.5, 0.6) is 0 Å². The molecule has 1 saturated heterocycles. The van der Waals surface area contributed by atoms with Gasteiger partial charge in [-0.25, -0.2) is 4.63 Å². The third kappa shape index (κ3) is 3.83. The average Bonchev–Trinajstić information content (AvgIpc) is 3.42. The van der Waals surface area contributed by atoms with Crippen LogP contribution in [0, 0.1) is 16.0 Å². The normalized spacial score (nSPS) is 16.2. The van der Waals surface area contributed by atoms with Crippen molar-refractivity contribution in [2.75, 3.05) is 29.9 Å². The molecule has 3 heterocycles. The summed E-state index contributed by atoms with van der Waals surface area (Å²) in [5, 5.41) is 19.8. The van der Waals surface area contributed by atoms with E-state index in [4.69, 9.17) is 9.05 Å². The van der Waals surface area contributed by atoms with Crippen molar-refractivity contribution in [1.29, 1.82) is 0 Å². The molecule has 0 N–H and O–H groups in total. The first-order chi connectivity index (χ1) is 14.5. The number of anilines is 2. The van der Waals surface area contributed by atoms with Gasteiger partial charge in [0.15, 0.2) is 5.52 Å². The van der Waals surface area contributed by atoms with Gasteiger partial charge in [-0.2, -0.15) is 0 Å². The van der Waals surface area contributed by atoms with Crippen LogP contribution in [-0.2, 0) is 6.42 Å². The highest BCUT2D eigenvalue weighted by molar-refractivity contribution is 6.00. The molecular weight excluding hydrogens is 386 g/mol. The molecule has 0 bridgehead atoms. The molecule has 4 rings (SSSR count). The first kappa shape index (κ1) is 20.2. The van der Waals surface area contributed by atoms with Crippen LogP contribution in [0.1, 0.15) is 38.9 Å². The van der Waals surface area contributed by atoms with Crippen molar-refractivity contribution in [1.82, 2.24) is 10.3 Å². The third-order valence-electron chi connectivity index (χ3n) is 6.21. The van der Waals surface area contributed by atoms with E-state index in [1.54, 1.807) is 6.26 Å². The van der Waals surface area contributed by atoms with Crippen molar-refractivity contribution in [3.05, 3.63) is 40.3 Å². The van der Waals surface area contributed by atoms with Gasteiger partial charge in [-0.1, -0.05) is 6.92 Å². The lowest BCUT2D eigenvalue weighted by molar-refractivity contribution is -0.382. The number of rotatable bonds is 7. The van der Waals surface area contributed by atoms with Gasteiger partial charge in [0.05, 0.1) is 16.9 Å². The second-order valence-electron chi connectivity index (χ2n) is 8.23. The number of aryl methyl sites for hydroxylation is 1. The summed E-state index contributed by atoms with van der Waals surface area (Å²) in [6, 6.07) is 5.89. The lowest BCUT2D eigenvalue weighted by atomic mass is 9.98. The van der Waals surface area contributed by atoms with Gasteiger partial charge in [0.1, 0.15) is 11.4 Å². The Labute approximate surface area is 174 Å². The van der Waals surface area contributed by atoms with E-state index in [9.17, 15) is 10.1 Å². The van der Waals surface area contributed by atoms with Crippen LogP contribution in [-0.4, -0.2) is 41.4 Å². The fourth-order valence-corrected chi connectivity index (χ4v) is 4.08. The fourth-order valence-electron chi connectivity index (χ4n) is 4.08. The molecule has 9 heteroatoms. The summed E-state index contributed by atoms with van der Waals surface area (Å²) < 4.78 is 10.4. The average molecular weight is 413 g/mol. The zero-order valence-electron chi connectivity index (χ0n) is 17.6. The van der Waals surface area contributed by atoms with Crippen LogP contribution in [0.3, 0.4) is 0 Å². The number of nitro groups is 1. The summed E-state index contributed by atoms with van der Waals surface area (Å²) in [6.45, 7) is 5.91. The smallest absolute Gasteiger partial charge is 0.323 e. The number of hydrogen-bond donors (Lipinski definition) is 0. The quantitative estimate of drug-likeness (QED) is 0.414. The summed E-state index contributed by atoms with van der Waals surface area (Å²) in [5.41, 5.74) is 1.98. The molecule has 0 spiro atoms. The highest BCUT2D eigenvalue weighted by Gasteiger charge is 2.31. The molecule has 1 aromatic carbocycles. The van der Waals surface area contributed by atoms with Gasteiger partial charge in [0.25, 0.3) is 0 Å². The van der Waals surface area contributed by atoms with Gasteiger partial charge < -0.3 is 14.2 Å². The topological polar surface area (TPSA) is 102 Å². The molecular formula is C21H27N5O4. The first-order valence-electron chi connectivity index (χ1n) is 10.4. The first-order valence-corrected chi connectivity index (χ1v) is 10.4. The predicted octanol–water partition coefficient (Wildman–Crippen LogP) is 4.42. The van der Waals surface area contributed by atoms with Gasteiger partial charge >= 0.3 is 5.69 Å². The Balaban J connectivity index is 1.69. The Morgan fingerprint density at radius 3 is 2.73 bits per heavy atom. The minimum Gasteiger partial charge on any atom is -0.469 e. The van der Waals surface area contributed by atoms with Crippen molar-refractivity contribution >= 4 is 28.1 Å². The zero-order chi connectivity index (χ0) is 21.3. The van der Waals surface area contributed by atoms with E-state index in [0.717, 1.165) is 50.2 Å². The number of fused-ring (bicyclic) bond motifs is 1. The van der Waals surface area contributed by atoms with Crippen LogP contribution < -0.4 is 9.80 Å². The summed E-state index contributed by atoms with van der Waals surface area (Å²) in [5.74, 6) is 1.57. The molecule has 9 nitrogen and oxygen atoms in total. The van der Waals surface area contributed by atoms with Crippen LogP contribution in [0.15, 0.2) is 33.5 Å². The Morgan fingerprint density at radius 1 is 1.33 bits per heavy atom. The fraction of sp³-hybridized carbons (Fsp3) is 0.524. The highest BCUT2D eigenvalue weighted by Crippen LogP contribution is 2.41. The molecule has 1 atom stereocenters. The summed E-state index contributed by atoms with van der Waals surface area (Å²) in [7, 11) is 1.98. The van der Waals surface area contributed by atoms with E-state index < -0.39 is 0 Å². The van der Waals surface area contributed by atoms with Gasteiger partial charge in [-0.3, -0.25) is 10.1 Å². The van der Waals surface area contributed by atoms with Gasteiger partial charge in [0.2, 0.25) is 5.52 Å². The molecule has 30 heavy (non-hydrogen) atoms. The van der Waals surface area contributed by atoms with Crippen molar-refractivity contribution in [3.8, 4) is 0 Å². The zero-order valence-corrected chi connectivity index (χ0v) is 17.6. The van der Waals surface area contributed by atoms with E-state index >= 15 is 0 Å². The lowest BCUT2D eigenvalue weighted by Crippen LogP contribution is -2.34. The maximum Gasteiger partial charge on any atom is 0.323 e. The molecule has 160 valence electrons. The number of aromatic nitrogens is 2. The van der Waals surface area contributed by atoms with Crippen molar-refractivity contribution in [3.63, 3.8) is 0 Å². The molecule has 0 amide bonds. The molecule has 3 aromatic rings. The summed E-state index contributed by atoms with van der Waals surface area (Å²) >= 11 is 0. The Hall–Kier alpha value is -3.10. The summed E-state index contributed by atoms with van der Waals surface area (Å²) in [6.07, 6.45) is 5.37. The van der Waals surface area contributed by atoms with E-state index in [0.29, 0.717) is 17.1 Å². The molecule has 2 aromatic heterocycles. The van der Waals surface area contributed by atoms with Gasteiger partial charge in [-0.15, -0.1) is 0 Å². The lowest BCUT2D eigenvalue weighted by Gasteiger charge is -2.33. The van der Waals surface area contributed by atoms with E-state index in [-0.39, 0.29) is 22.2 Å². The molecule has 0 aliphatic carbocycles. The predicted molar refractivity (Wildman–Crippen MR) is 114 cm³/mol. The summed E-state index contributed by atoms with van der Waals surface area (Å²) in [4.78, 5) is 15.8. The maximum absolute atomic E-state index is 11.9. The minimum absolute atomic E-state index is 0.0267. The van der Waals surface area contributed by atoms with Crippen molar-refractivity contribution in [2.24, 2.45) is 5.92 Å². The number of benzene rings is 1. The number of hydrogen-bond acceptors (Lipinski definition) is 8. The van der Waals surface area contributed by atoms with Crippen LogP contribution >= 0.6 is 0 Å². The van der Waals surface area contributed by atoms with E-state index in [1.165, 1.54) is 0 Å². The Morgan fingerprint density at radius 2 is 2.07 bits per heavy atom. The molecule has 0 saturated carbocycles. The van der Waals surface area contributed by atoms with Gasteiger partial charge in [-0.05, 0) is 60.6 Å². The van der Waals surface area contributed by atoms with E-state index in [2.05, 4.69) is 34.0 Å². The Kier molecular flexibility index (Phi) is 5.61. The van der Waals surface area contributed by atoms with Crippen molar-refractivity contribution < 1.29 is 14.0 Å². The third-order valence-corrected chi connectivity index (χ3v) is 6.21. The SMILES string of the molecule is CC1CCN(c2cc(N(C)C(C)CCc3ccco3)c3nonc3c2[N+](=O)[O-])CC1. The molecule has 1 fully saturated rings. The highest BCUT2D eigenvalue weighted by atomic mass is 16.6. The largest absolute Gasteiger partial charge is 0.469 e. The van der Waals surface area contributed by atoms with Crippen molar-refractivity contribution in [2.45, 2.75) is 45.6 Å². The van der Waals surface area contributed by atoms with Crippen LogP contribution in [0.2, 0.25) is 0 Å². The number of piperidine rings is 1. The number of nitro benzene ring substituents is 1. The molecule has 1 unspecified atom stereocenters. The number of furan rings is 1. The monoisotopic (exact) mass is 413 g/mol. The molecule has 1 aliphatic heterocycles. The molecule has 0 radical (unpaired) electrons. The second kappa shape index (κ2) is 8.33. The minimum atomic E-state index is -0.371. The van der Waals surface area contributed by atoms with E-state index in [1.807, 2.05) is 25.2 Å². The second-order valence-corrected chi connectivity index (χ2v) is 8.23. The maximum atomic E-state index is 11.9. The standard InChI is InChI=1S/C21H27N5O4/c1-14-8-10-25(11-9-14)18-13-17(19-20(23-30-22-19)21(18)26(27)28)24(3)15(2)6-7-16-5-4-12-29-16/h4-5,12-15H,6-11H2,1-3H3. The molecule has 1 aliphatic rings. The number of nitrogens with zero attached hydrogens (tertiary/aromatic N) is 5. The van der Waals surface area contributed by atoms with Crippen LogP contribution in [0.25, 0.3) is 11.0 Å². The van der Waals surface area contributed by atoms with Gasteiger partial charge in [0, 0.05) is 32.6 Å².